The lowest BCUT2D eigenvalue weighted by atomic mass is 9.71. The van der Waals surface area contributed by atoms with Crippen LogP contribution in [0.3, 0.4) is 0 Å². The number of aromatic carboxylic acids is 1. The van der Waals surface area contributed by atoms with Crippen molar-refractivity contribution in [3.63, 3.8) is 0 Å². The van der Waals surface area contributed by atoms with Gasteiger partial charge in [-0.3, -0.25) is 0 Å². The molecule has 1 aliphatic carbocycles. The van der Waals surface area contributed by atoms with Gasteiger partial charge >= 0.3 is 5.97 Å². The molecule has 0 unspecified atom stereocenters. The molecular weight excluding hydrogens is 454 g/mol. The predicted octanol–water partition coefficient (Wildman–Crippen LogP) is 7.70. The number of rotatable bonds is 4. The van der Waals surface area contributed by atoms with Gasteiger partial charge in [-0.25, -0.2) is 4.79 Å². The zero-order valence-corrected chi connectivity index (χ0v) is 21.7. The van der Waals surface area contributed by atoms with Crippen LogP contribution in [0, 0.1) is 12.3 Å². The number of nitrogens with zero attached hydrogens (tertiary/aromatic N) is 1. The van der Waals surface area contributed by atoms with E-state index in [1.807, 2.05) is 31.2 Å². The smallest absolute Gasteiger partial charge is 0.336 e. The standard InChI is InChI=1S/C31H32ClNO2/c1-19-7-6-8-25(29(34)35)26(19)18-33-20(2)31(5,27-16-24(32)11-12-28(27)33)23-10-9-22-17-30(3,4)14-13-21(22)15-23/h6-12,15-16H,2,13-14,17-18H2,1,3-5H3,(H,34,35)/t31-/m0/s1. The Balaban J connectivity index is 1.62. The number of hydrogen-bond acceptors (Lipinski definition) is 2. The molecule has 3 aromatic carbocycles. The number of anilines is 1. The van der Waals surface area contributed by atoms with E-state index >= 15 is 0 Å². The summed E-state index contributed by atoms with van der Waals surface area (Å²) in [5.74, 6) is -0.912. The van der Waals surface area contributed by atoms with Gasteiger partial charge in [0.25, 0.3) is 0 Å². The molecule has 180 valence electrons. The van der Waals surface area contributed by atoms with Gasteiger partial charge in [0, 0.05) is 23.0 Å². The lowest BCUT2D eigenvalue weighted by Gasteiger charge is -2.34. The first-order chi connectivity index (χ1) is 16.5. The number of fused-ring (bicyclic) bond motifs is 2. The minimum Gasteiger partial charge on any atom is -0.478 e. The SMILES string of the molecule is C=C1N(Cc2c(C)cccc2C(=O)O)c2ccc(Cl)cc2[C@]1(C)c1ccc2c(c1)CCC(C)(C)C2. The molecule has 2 aliphatic rings. The number of halogens is 1. The summed E-state index contributed by atoms with van der Waals surface area (Å²) in [6, 6.07) is 18.3. The quantitative estimate of drug-likeness (QED) is 0.411. The Morgan fingerprint density at radius 1 is 1.09 bits per heavy atom. The van der Waals surface area contributed by atoms with Crippen molar-refractivity contribution in [1.82, 2.24) is 0 Å². The summed E-state index contributed by atoms with van der Waals surface area (Å²) in [5, 5.41) is 10.5. The second-order valence-corrected chi connectivity index (χ2v) is 11.5. The first kappa shape index (κ1) is 23.7. The number of allylic oxidation sites excluding steroid dienone is 1. The molecule has 3 nitrogen and oxygen atoms in total. The Labute approximate surface area is 213 Å². The molecule has 0 aromatic heterocycles. The number of aryl methyl sites for hydroxylation is 2. The van der Waals surface area contributed by atoms with Crippen LogP contribution in [0.2, 0.25) is 5.02 Å². The van der Waals surface area contributed by atoms with Crippen molar-refractivity contribution < 1.29 is 9.90 Å². The summed E-state index contributed by atoms with van der Waals surface area (Å²) in [5.41, 5.74) is 9.10. The second kappa shape index (κ2) is 8.27. The van der Waals surface area contributed by atoms with E-state index in [1.165, 1.54) is 23.1 Å². The molecule has 1 heterocycles. The molecule has 0 saturated carbocycles. The van der Waals surface area contributed by atoms with Crippen molar-refractivity contribution in [2.24, 2.45) is 5.41 Å². The monoisotopic (exact) mass is 485 g/mol. The lowest BCUT2D eigenvalue weighted by Crippen LogP contribution is -2.30. The molecule has 0 fully saturated rings. The van der Waals surface area contributed by atoms with Gasteiger partial charge in [0.15, 0.2) is 0 Å². The maximum absolute atomic E-state index is 12.0. The normalized spacial score (nSPS) is 20.5. The fourth-order valence-electron chi connectivity index (χ4n) is 5.91. The van der Waals surface area contributed by atoms with Crippen LogP contribution in [-0.2, 0) is 24.8 Å². The summed E-state index contributed by atoms with van der Waals surface area (Å²) >= 11 is 6.51. The average molecular weight is 486 g/mol. The van der Waals surface area contributed by atoms with Gasteiger partial charge in [-0.15, -0.1) is 0 Å². The third kappa shape index (κ3) is 3.87. The maximum atomic E-state index is 12.0. The third-order valence-electron chi connectivity index (χ3n) is 8.17. The molecule has 0 saturated heterocycles. The Kier molecular flexibility index (Phi) is 5.60. The van der Waals surface area contributed by atoms with E-state index in [0.717, 1.165) is 40.9 Å². The average Bonchev–Trinajstić information content (AvgIpc) is 3.01. The van der Waals surface area contributed by atoms with E-state index in [4.69, 9.17) is 11.6 Å². The molecule has 3 aromatic rings. The van der Waals surface area contributed by atoms with E-state index in [0.29, 0.717) is 22.5 Å². The fourth-order valence-corrected chi connectivity index (χ4v) is 6.08. The first-order valence-electron chi connectivity index (χ1n) is 12.2. The molecule has 1 N–H and O–H groups in total. The van der Waals surface area contributed by atoms with Crippen LogP contribution in [0.4, 0.5) is 5.69 Å². The van der Waals surface area contributed by atoms with Crippen LogP contribution in [-0.4, -0.2) is 11.1 Å². The highest BCUT2D eigenvalue weighted by Crippen LogP contribution is 2.53. The predicted molar refractivity (Wildman–Crippen MR) is 144 cm³/mol. The molecule has 4 heteroatoms. The highest BCUT2D eigenvalue weighted by atomic mass is 35.5. The summed E-state index contributed by atoms with van der Waals surface area (Å²) < 4.78 is 0. The fraction of sp³-hybridized carbons (Fsp3) is 0.323. The largest absolute Gasteiger partial charge is 0.478 e. The molecule has 5 rings (SSSR count). The van der Waals surface area contributed by atoms with Gasteiger partial charge in [0.1, 0.15) is 0 Å². The minimum absolute atomic E-state index is 0.332. The molecule has 35 heavy (non-hydrogen) atoms. The van der Waals surface area contributed by atoms with E-state index in [2.05, 4.69) is 50.4 Å². The lowest BCUT2D eigenvalue weighted by molar-refractivity contribution is 0.0695. The summed E-state index contributed by atoms with van der Waals surface area (Å²) in [6.07, 6.45) is 3.36. The van der Waals surface area contributed by atoms with Crippen LogP contribution in [0.25, 0.3) is 0 Å². The van der Waals surface area contributed by atoms with Crippen LogP contribution >= 0.6 is 11.6 Å². The first-order valence-corrected chi connectivity index (χ1v) is 12.6. The van der Waals surface area contributed by atoms with Gasteiger partial charge in [0.2, 0.25) is 0 Å². The van der Waals surface area contributed by atoms with Crippen LogP contribution < -0.4 is 4.90 Å². The van der Waals surface area contributed by atoms with Crippen LogP contribution in [0.5, 0.6) is 0 Å². The Morgan fingerprint density at radius 3 is 2.60 bits per heavy atom. The highest BCUT2D eigenvalue weighted by Gasteiger charge is 2.45. The van der Waals surface area contributed by atoms with E-state index in [9.17, 15) is 9.90 Å². The van der Waals surface area contributed by atoms with Crippen molar-refractivity contribution in [1.29, 1.82) is 0 Å². The van der Waals surface area contributed by atoms with E-state index in [1.54, 1.807) is 12.1 Å². The zero-order chi connectivity index (χ0) is 25.1. The van der Waals surface area contributed by atoms with Crippen LogP contribution in [0.1, 0.15) is 70.9 Å². The minimum atomic E-state index is -0.912. The Hall–Kier alpha value is -3.04. The van der Waals surface area contributed by atoms with E-state index < -0.39 is 11.4 Å². The van der Waals surface area contributed by atoms with Crippen molar-refractivity contribution >= 4 is 23.3 Å². The molecule has 0 bridgehead atoms. The zero-order valence-electron chi connectivity index (χ0n) is 20.9. The van der Waals surface area contributed by atoms with Gasteiger partial charge in [-0.2, -0.15) is 0 Å². The Bertz CT molecular complexity index is 1370. The van der Waals surface area contributed by atoms with Gasteiger partial charge in [0.05, 0.1) is 11.0 Å². The topological polar surface area (TPSA) is 40.5 Å². The summed E-state index contributed by atoms with van der Waals surface area (Å²) in [4.78, 5) is 14.2. The molecule has 1 aliphatic heterocycles. The van der Waals surface area contributed by atoms with Crippen molar-refractivity contribution in [3.05, 3.63) is 111 Å². The molecule has 0 radical (unpaired) electrons. The molecule has 1 atom stereocenters. The molecule has 0 spiro atoms. The molecule has 0 amide bonds. The highest BCUT2D eigenvalue weighted by molar-refractivity contribution is 6.30. The van der Waals surface area contributed by atoms with Crippen molar-refractivity contribution in [3.8, 4) is 0 Å². The Morgan fingerprint density at radius 2 is 1.86 bits per heavy atom. The van der Waals surface area contributed by atoms with Crippen LogP contribution in [0.15, 0.2) is 66.9 Å². The third-order valence-corrected chi connectivity index (χ3v) is 8.41. The van der Waals surface area contributed by atoms with Gasteiger partial charge < -0.3 is 10.0 Å². The maximum Gasteiger partial charge on any atom is 0.336 e. The van der Waals surface area contributed by atoms with Crippen molar-refractivity contribution in [2.75, 3.05) is 4.90 Å². The number of carboxylic acid groups (broad SMARTS) is 1. The number of hydrogen-bond donors (Lipinski definition) is 1. The number of carbonyl (C=O) groups is 1. The van der Waals surface area contributed by atoms with Gasteiger partial charge in [-0.05, 0) is 96.2 Å². The number of benzene rings is 3. The second-order valence-electron chi connectivity index (χ2n) is 11.0. The van der Waals surface area contributed by atoms with Crippen molar-refractivity contribution in [2.45, 2.75) is 58.9 Å². The number of carboxylic acids is 1. The molecular formula is C31H32ClNO2. The van der Waals surface area contributed by atoms with Gasteiger partial charge in [-0.1, -0.05) is 62.4 Å². The summed E-state index contributed by atoms with van der Waals surface area (Å²) in [7, 11) is 0. The van der Waals surface area contributed by atoms with E-state index in [-0.39, 0.29) is 0 Å². The summed E-state index contributed by atoms with van der Waals surface area (Å²) in [6.45, 7) is 13.9.